The third-order valence-corrected chi connectivity index (χ3v) is 7.34. The summed E-state index contributed by atoms with van der Waals surface area (Å²) in [7, 11) is 0. The molecule has 0 spiro atoms. The summed E-state index contributed by atoms with van der Waals surface area (Å²) in [6.45, 7) is 7.59. The molecule has 1 aromatic heterocycles. The zero-order valence-electron chi connectivity index (χ0n) is 25.9. The van der Waals surface area contributed by atoms with E-state index in [2.05, 4.69) is 40.3 Å². The molecule has 0 bridgehead atoms. The number of aliphatic imine (C=N–C) groups is 1. The minimum absolute atomic E-state index is 0.0274. The van der Waals surface area contributed by atoms with Crippen LogP contribution >= 0.6 is 0 Å². The van der Waals surface area contributed by atoms with Crippen LogP contribution in [-0.4, -0.2) is 54.0 Å². The number of nitro benzene ring substituents is 1. The van der Waals surface area contributed by atoms with E-state index in [0.29, 0.717) is 23.6 Å². The molecule has 0 saturated carbocycles. The van der Waals surface area contributed by atoms with Crippen molar-refractivity contribution in [1.82, 2.24) is 4.98 Å². The summed E-state index contributed by atoms with van der Waals surface area (Å²) in [4.78, 5) is 46.0. The van der Waals surface area contributed by atoms with Crippen molar-refractivity contribution in [3.63, 3.8) is 0 Å². The SMILES string of the molecule is CCOC(=O)C1C(C)=NC(C)=C(C(=O)OCCOCC(C)=Cc2ccc(Cc3cccnc3)cc2)C1c1cccc([N+](=O)[O-])c1. The molecule has 0 saturated heterocycles. The smallest absolute Gasteiger partial charge is 0.336 e. The highest BCUT2D eigenvalue weighted by atomic mass is 16.6. The normalized spacial score (nSPS) is 16.6. The Balaban J connectivity index is 1.37. The molecular weight excluding hydrogens is 574 g/mol. The number of hydrogen-bond acceptors (Lipinski definition) is 9. The number of ether oxygens (including phenoxy) is 3. The predicted molar refractivity (Wildman–Crippen MR) is 171 cm³/mol. The topological polar surface area (TPSA) is 130 Å². The van der Waals surface area contributed by atoms with Gasteiger partial charge in [-0.1, -0.05) is 48.5 Å². The number of allylic oxidation sites excluding steroid dienone is 1. The summed E-state index contributed by atoms with van der Waals surface area (Å²) < 4.78 is 16.6. The number of non-ortho nitro benzene ring substituents is 1. The number of esters is 2. The number of rotatable bonds is 13. The second-order valence-corrected chi connectivity index (χ2v) is 10.8. The third kappa shape index (κ3) is 8.79. The van der Waals surface area contributed by atoms with Gasteiger partial charge in [-0.05, 0) is 68.0 Å². The Morgan fingerprint density at radius 2 is 1.78 bits per heavy atom. The van der Waals surface area contributed by atoms with Gasteiger partial charge in [-0.25, -0.2) is 4.79 Å². The summed E-state index contributed by atoms with van der Waals surface area (Å²) >= 11 is 0. The van der Waals surface area contributed by atoms with E-state index in [4.69, 9.17) is 14.2 Å². The van der Waals surface area contributed by atoms with Crippen LogP contribution in [0.3, 0.4) is 0 Å². The molecule has 0 amide bonds. The van der Waals surface area contributed by atoms with E-state index < -0.39 is 28.7 Å². The number of nitrogens with zero attached hydrogens (tertiary/aromatic N) is 3. The van der Waals surface area contributed by atoms with Crippen molar-refractivity contribution < 1.29 is 28.7 Å². The molecule has 0 fully saturated rings. The maximum atomic E-state index is 13.4. The standard InChI is InChI=1S/C35H37N3O7/c1-5-44-34(39)31-24(3)37-25(4)32(33(31)29-9-6-10-30(20-29)38(41)42)35(40)45-17-16-43-22-23(2)18-26-11-13-27(14-12-26)19-28-8-7-15-36-21-28/h6-15,18,20-21,31,33H,5,16-17,19,22H2,1-4H3. The van der Waals surface area contributed by atoms with Gasteiger partial charge in [0.1, 0.15) is 12.5 Å². The second kappa shape index (κ2) is 15.7. The molecule has 2 heterocycles. The van der Waals surface area contributed by atoms with Crippen molar-refractivity contribution >= 4 is 29.4 Å². The van der Waals surface area contributed by atoms with Gasteiger partial charge in [0.05, 0.1) is 30.3 Å². The van der Waals surface area contributed by atoms with Gasteiger partial charge < -0.3 is 14.2 Å². The van der Waals surface area contributed by atoms with E-state index >= 15 is 0 Å². The van der Waals surface area contributed by atoms with Crippen molar-refractivity contribution in [2.45, 2.75) is 40.0 Å². The molecular formula is C35H37N3O7. The van der Waals surface area contributed by atoms with Gasteiger partial charge in [0, 0.05) is 41.9 Å². The van der Waals surface area contributed by atoms with Crippen LogP contribution in [0.2, 0.25) is 0 Å². The minimum atomic E-state index is -0.938. The van der Waals surface area contributed by atoms with Gasteiger partial charge in [0.25, 0.3) is 5.69 Å². The summed E-state index contributed by atoms with van der Waals surface area (Å²) in [6.07, 6.45) is 6.48. The molecule has 2 aromatic carbocycles. The van der Waals surface area contributed by atoms with E-state index in [-0.39, 0.29) is 31.1 Å². The molecule has 4 rings (SSSR count). The first-order valence-corrected chi connectivity index (χ1v) is 14.7. The molecule has 3 aromatic rings. The van der Waals surface area contributed by atoms with Crippen molar-refractivity contribution in [2.24, 2.45) is 10.9 Å². The number of aromatic nitrogens is 1. The van der Waals surface area contributed by atoms with Crippen molar-refractivity contribution in [1.29, 1.82) is 0 Å². The van der Waals surface area contributed by atoms with E-state index in [9.17, 15) is 19.7 Å². The zero-order valence-corrected chi connectivity index (χ0v) is 25.9. The molecule has 2 unspecified atom stereocenters. The number of pyridine rings is 1. The number of benzene rings is 2. The van der Waals surface area contributed by atoms with Gasteiger partial charge >= 0.3 is 11.9 Å². The van der Waals surface area contributed by atoms with Crippen LogP contribution in [0.4, 0.5) is 5.69 Å². The second-order valence-electron chi connectivity index (χ2n) is 10.8. The fourth-order valence-electron chi connectivity index (χ4n) is 5.33. The molecule has 45 heavy (non-hydrogen) atoms. The summed E-state index contributed by atoms with van der Waals surface area (Å²) in [5.74, 6) is -3.04. The fourth-order valence-corrected chi connectivity index (χ4v) is 5.33. The van der Waals surface area contributed by atoms with E-state index in [0.717, 1.165) is 23.1 Å². The van der Waals surface area contributed by atoms with Crippen LogP contribution in [0.25, 0.3) is 6.08 Å². The lowest BCUT2D eigenvalue weighted by molar-refractivity contribution is -0.384. The van der Waals surface area contributed by atoms with Gasteiger partial charge in [-0.15, -0.1) is 0 Å². The Morgan fingerprint density at radius 3 is 2.47 bits per heavy atom. The van der Waals surface area contributed by atoms with E-state index in [1.165, 1.54) is 23.8 Å². The molecule has 2 atom stereocenters. The Morgan fingerprint density at radius 1 is 1.00 bits per heavy atom. The first-order chi connectivity index (χ1) is 21.7. The van der Waals surface area contributed by atoms with Gasteiger partial charge in [0.15, 0.2) is 0 Å². The zero-order chi connectivity index (χ0) is 32.3. The van der Waals surface area contributed by atoms with Gasteiger partial charge in [-0.2, -0.15) is 0 Å². The Hall–Kier alpha value is -4.96. The highest BCUT2D eigenvalue weighted by Gasteiger charge is 2.42. The minimum Gasteiger partial charge on any atom is -0.465 e. The van der Waals surface area contributed by atoms with Crippen LogP contribution in [0.1, 0.15) is 55.9 Å². The lowest BCUT2D eigenvalue weighted by atomic mass is 9.75. The summed E-state index contributed by atoms with van der Waals surface area (Å²) in [6, 6.07) is 18.2. The van der Waals surface area contributed by atoms with Crippen molar-refractivity contribution in [3.8, 4) is 0 Å². The van der Waals surface area contributed by atoms with Crippen LogP contribution in [0.15, 0.2) is 94.9 Å². The Kier molecular flexibility index (Phi) is 11.5. The molecule has 10 heteroatoms. The van der Waals surface area contributed by atoms with Crippen molar-refractivity contribution in [2.75, 3.05) is 26.4 Å². The first kappa shape index (κ1) is 32.9. The third-order valence-electron chi connectivity index (χ3n) is 7.34. The van der Waals surface area contributed by atoms with E-state index in [1.807, 2.05) is 25.3 Å². The molecule has 1 aliphatic heterocycles. The average molecular weight is 612 g/mol. The first-order valence-electron chi connectivity index (χ1n) is 14.7. The summed E-state index contributed by atoms with van der Waals surface area (Å²) in [5.41, 5.74) is 5.65. The highest BCUT2D eigenvalue weighted by Crippen LogP contribution is 2.41. The molecule has 0 aliphatic carbocycles. The molecule has 234 valence electrons. The maximum Gasteiger partial charge on any atom is 0.336 e. The lowest BCUT2D eigenvalue weighted by Crippen LogP contribution is -2.36. The van der Waals surface area contributed by atoms with Crippen LogP contribution in [-0.2, 0) is 30.2 Å². The number of carbonyl (C=O) groups excluding carboxylic acids is 2. The van der Waals surface area contributed by atoms with Crippen molar-refractivity contribution in [3.05, 3.63) is 122 Å². The Labute approximate surface area is 262 Å². The fraction of sp³-hybridized carbons (Fsp3) is 0.314. The van der Waals surface area contributed by atoms with Crippen LogP contribution in [0, 0.1) is 16.0 Å². The monoisotopic (exact) mass is 611 g/mol. The van der Waals surface area contributed by atoms with Gasteiger partial charge in [-0.3, -0.25) is 24.9 Å². The molecule has 0 radical (unpaired) electrons. The quantitative estimate of drug-likeness (QED) is 0.0959. The molecule has 0 N–H and O–H groups in total. The number of nitro groups is 1. The maximum absolute atomic E-state index is 13.4. The Bertz CT molecular complexity index is 1610. The van der Waals surface area contributed by atoms with Crippen LogP contribution in [0.5, 0.6) is 0 Å². The predicted octanol–water partition coefficient (Wildman–Crippen LogP) is 6.26. The summed E-state index contributed by atoms with van der Waals surface area (Å²) in [5, 5.41) is 11.5. The van der Waals surface area contributed by atoms with Crippen LogP contribution < -0.4 is 0 Å². The lowest BCUT2D eigenvalue weighted by Gasteiger charge is -2.31. The largest absolute Gasteiger partial charge is 0.465 e. The highest BCUT2D eigenvalue weighted by molar-refractivity contribution is 6.07. The molecule has 10 nitrogen and oxygen atoms in total. The average Bonchev–Trinajstić information content (AvgIpc) is 3.02. The number of carbonyl (C=O) groups is 2. The number of hydrogen-bond donors (Lipinski definition) is 0. The van der Waals surface area contributed by atoms with Gasteiger partial charge in [0.2, 0.25) is 0 Å². The molecule has 1 aliphatic rings. The van der Waals surface area contributed by atoms with E-state index in [1.54, 1.807) is 33.0 Å².